The third-order valence-electron chi connectivity index (χ3n) is 4.77. The van der Waals surface area contributed by atoms with E-state index in [1.807, 2.05) is 37.3 Å². The molecule has 0 saturated carbocycles. The summed E-state index contributed by atoms with van der Waals surface area (Å²) in [7, 11) is 0. The van der Waals surface area contributed by atoms with Crippen molar-refractivity contribution in [3.8, 4) is 0 Å². The number of halogens is 1. The zero-order valence-electron chi connectivity index (χ0n) is 16.4. The van der Waals surface area contributed by atoms with Crippen LogP contribution in [0.1, 0.15) is 21.9 Å². The molecule has 0 aliphatic carbocycles. The predicted octanol–water partition coefficient (Wildman–Crippen LogP) is 4.74. The Morgan fingerprint density at radius 3 is 2.83 bits per heavy atom. The number of furan rings is 1. The molecule has 154 valence electrons. The minimum atomic E-state index is -0.152. The van der Waals surface area contributed by atoms with E-state index in [4.69, 9.17) is 4.42 Å². The van der Waals surface area contributed by atoms with Crippen LogP contribution < -0.4 is 5.56 Å². The number of thiophene rings is 1. The van der Waals surface area contributed by atoms with E-state index >= 15 is 0 Å². The number of rotatable bonds is 7. The number of fused-ring (bicyclic) bond motifs is 1. The minimum absolute atomic E-state index is 0.0429. The summed E-state index contributed by atoms with van der Waals surface area (Å²) in [6, 6.07) is 13.2. The Balaban J connectivity index is 1.51. The summed E-state index contributed by atoms with van der Waals surface area (Å²) in [5, 5.41) is 0.529. The molecule has 30 heavy (non-hydrogen) atoms. The van der Waals surface area contributed by atoms with Gasteiger partial charge in [-0.25, -0.2) is 4.98 Å². The van der Waals surface area contributed by atoms with Crippen LogP contribution in [0.5, 0.6) is 0 Å². The standard InChI is InChI=1S/C22H20BrN3O3S/c1-15-4-6-18(30-15)13-26(12-17-3-2-10-29-17)21(27)8-9-25-14-24-20-7-5-16(23)11-19(20)22(25)28/h2-7,10-11,14H,8-9,12-13H2,1H3. The SMILES string of the molecule is Cc1ccc(CN(Cc2ccco2)C(=O)CCn2cnc3ccc(Br)cc3c2=O)s1. The molecule has 0 bridgehead atoms. The van der Waals surface area contributed by atoms with Crippen LogP contribution in [0.2, 0.25) is 0 Å². The third-order valence-corrected chi connectivity index (χ3v) is 6.25. The van der Waals surface area contributed by atoms with Crippen molar-refractivity contribution in [1.29, 1.82) is 0 Å². The van der Waals surface area contributed by atoms with Gasteiger partial charge >= 0.3 is 0 Å². The van der Waals surface area contributed by atoms with Crippen molar-refractivity contribution in [1.82, 2.24) is 14.5 Å². The summed E-state index contributed by atoms with van der Waals surface area (Å²) < 4.78 is 7.75. The molecule has 0 radical (unpaired) electrons. The van der Waals surface area contributed by atoms with Gasteiger partial charge in [-0.3, -0.25) is 14.2 Å². The Kier molecular flexibility index (Phi) is 6.15. The van der Waals surface area contributed by atoms with Crippen LogP contribution in [0.4, 0.5) is 0 Å². The maximum absolute atomic E-state index is 13.0. The highest BCUT2D eigenvalue weighted by Crippen LogP contribution is 2.20. The maximum Gasteiger partial charge on any atom is 0.261 e. The molecule has 0 saturated heterocycles. The fourth-order valence-electron chi connectivity index (χ4n) is 3.25. The average molecular weight is 486 g/mol. The van der Waals surface area contributed by atoms with E-state index in [-0.39, 0.29) is 24.4 Å². The monoisotopic (exact) mass is 485 g/mol. The van der Waals surface area contributed by atoms with Gasteiger partial charge < -0.3 is 9.32 Å². The van der Waals surface area contributed by atoms with Crippen molar-refractivity contribution in [3.05, 3.63) is 85.4 Å². The summed E-state index contributed by atoms with van der Waals surface area (Å²) in [5.74, 6) is 0.685. The van der Waals surface area contributed by atoms with Crippen molar-refractivity contribution in [3.63, 3.8) is 0 Å². The molecule has 0 atom stereocenters. The maximum atomic E-state index is 13.0. The molecule has 6 nitrogen and oxygen atoms in total. The summed E-state index contributed by atoms with van der Waals surface area (Å²) in [5.41, 5.74) is 0.485. The lowest BCUT2D eigenvalue weighted by atomic mass is 10.2. The fraction of sp³-hybridized carbons (Fsp3) is 0.227. The van der Waals surface area contributed by atoms with E-state index in [0.29, 0.717) is 24.0 Å². The number of aromatic nitrogens is 2. The van der Waals surface area contributed by atoms with E-state index in [1.165, 1.54) is 15.8 Å². The van der Waals surface area contributed by atoms with Crippen molar-refractivity contribution in [2.45, 2.75) is 33.0 Å². The number of hydrogen-bond donors (Lipinski definition) is 0. The van der Waals surface area contributed by atoms with Crippen LogP contribution in [-0.4, -0.2) is 20.4 Å². The normalized spacial score (nSPS) is 11.1. The van der Waals surface area contributed by atoms with Crippen LogP contribution in [0.15, 0.2) is 68.7 Å². The predicted molar refractivity (Wildman–Crippen MR) is 120 cm³/mol. The van der Waals surface area contributed by atoms with Crippen molar-refractivity contribution >= 4 is 44.1 Å². The number of carbonyl (C=O) groups excluding carboxylic acids is 1. The van der Waals surface area contributed by atoms with Gasteiger partial charge in [0.05, 0.1) is 36.6 Å². The molecular formula is C22H20BrN3O3S. The Hall–Kier alpha value is -2.71. The number of aryl methyl sites for hydroxylation is 2. The molecule has 0 aliphatic rings. The number of benzene rings is 1. The summed E-state index contributed by atoms with van der Waals surface area (Å²) in [4.78, 5) is 34.2. The first-order valence-electron chi connectivity index (χ1n) is 9.50. The molecule has 1 aromatic carbocycles. The van der Waals surface area contributed by atoms with Gasteiger partial charge in [-0.1, -0.05) is 15.9 Å². The van der Waals surface area contributed by atoms with Crippen LogP contribution in [0.3, 0.4) is 0 Å². The van der Waals surface area contributed by atoms with E-state index < -0.39 is 0 Å². The topological polar surface area (TPSA) is 68.3 Å². The van der Waals surface area contributed by atoms with Gasteiger partial charge in [0.15, 0.2) is 0 Å². The average Bonchev–Trinajstić information content (AvgIpc) is 3.39. The molecule has 1 amide bonds. The number of hydrogen-bond acceptors (Lipinski definition) is 5. The zero-order chi connectivity index (χ0) is 21.1. The van der Waals surface area contributed by atoms with Gasteiger partial charge in [-0.15, -0.1) is 11.3 Å². The molecule has 3 aromatic heterocycles. The second kappa shape index (κ2) is 8.97. The van der Waals surface area contributed by atoms with Crippen LogP contribution >= 0.6 is 27.3 Å². The number of amides is 1. The van der Waals surface area contributed by atoms with E-state index in [9.17, 15) is 9.59 Å². The molecule has 4 aromatic rings. The van der Waals surface area contributed by atoms with Gasteiger partial charge in [-0.05, 0) is 49.4 Å². The molecule has 3 heterocycles. The zero-order valence-corrected chi connectivity index (χ0v) is 18.8. The van der Waals surface area contributed by atoms with Crippen molar-refractivity contribution < 1.29 is 9.21 Å². The summed E-state index contributed by atoms with van der Waals surface area (Å²) in [6.07, 6.45) is 3.31. The summed E-state index contributed by atoms with van der Waals surface area (Å²) >= 11 is 5.06. The van der Waals surface area contributed by atoms with Gasteiger partial charge in [0.2, 0.25) is 5.91 Å². The molecule has 0 fully saturated rings. The number of nitrogens with zero attached hydrogens (tertiary/aromatic N) is 3. The molecule has 0 aliphatic heterocycles. The van der Waals surface area contributed by atoms with Gasteiger partial charge in [0, 0.05) is 27.2 Å². The highest BCUT2D eigenvalue weighted by atomic mass is 79.9. The lowest BCUT2D eigenvalue weighted by Crippen LogP contribution is -2.31. The van der Waals surface area contributed by atoms with Gasteiger partial charge in [-0.2, -0.15) is 0 Å². The quantitative estimate of drug-likeness (QED) is 0.379. The van der Waals surface area contributed by atoms with Crippen LogP contribution in [0.25, 0.3) is 10.9 Å². The first-order valence-corrected chi connectivity index (χ1v) is 11.1. The number of carbonyl (C=O) groups is 1. The molecule has 0 unspecified atom stereocenters. The van der Waals surface area contributed by atoms with E-state index in [2.05, 4.69) is 20.9 Å². The highest BCUT2D eigenvalue weighted by Gasteiger charge is 2.17. The van der Waals surface area contributed by atoms with Gasteiger partial charge in [0.25, 0.3) is 5.56 Å². The Bertz CT molecular complexity index is 1230. The van der Waals surface area contributed by atoms with Crippen LogP contribution in [-0.2, 0) is 24.4 Å². The van der Waals surface area contributed by atoms with Crippen molar-refractivity contribution in [2.24, 2.45) is 0 Å². The minimum Gasteiger partial charge on any atom is -0.467 e. The van der Waals surface area contributed by atoms with Crippen molar-refractivity contribution in [2.75, 3.05) is 0 Å². The smallest absolute Gasteiger partial charge is 0.261 e. The Morgan fingerprint density at radius 1 is 1.23 bits per heavy atom. The third kappa shape index (κ3) is 4.71. The fourth-order valence-corrected chi connectivity index (χ4v) is 4.51. The largest absolute Gasteiger partial charge is 0.467 e. The van der Waals surface area contributed by atoms with E-state index in [1.54, 1.807) is 34.6 Å². The van der Waals surface area contributed by atoms with E-state index in [0.717, 1.165) is 15.1 Å². The second-order valence-corrected chi connectivity index (χ2v) is 9.28. The Labute approximate surface area is 185 Å². The summed E-state index contributed by atoms with van der Waals surface area (Å²) in [6.45, 7) is 3.21. The lowest BCUT2D eigenvalue weighted by molar-refractivity contribution is -0.132. The Morgan fingerprint density at radius 2 is 2.10 bits per heavy atom. The molecule has 8 heteroatoms. The highest BCUT2D eigenvalue weighted by molar-refractivity contribution is 9.10. The lowest BCUT2D eigenvalue weighted by Gasteiger charge is -2.21. The molecular weight excluding hydrogens is 466 g/mol. The molecule has 4 rings (SSSR count). The first kappa shape index (κ1) is 20.6. The first-order chi connectivity index (χ1) is 14.5. The van der Waals surface area contributed by atoms with Crippen LogP contribution in [0, 0.1) is 6.92 Å². The second-order valence-electron chi connectivity index (χ2n) is 7.00. The van der Waals surface area contributed by atoms with Gasteiger partial charge in [0.1, 0.15) is 5.76 Å². The molecule has 0 spiro atoms. The molecule has 0 N–H and O–H groups in total.